The zero-order valence-corrected chi connectivity index (χ0v) is 13.3. The normalized spacial score (nSPS) is 26.1. The minimum atomic E-state index is -0.313. The second kappa shape index (κ2) is 6.44. The summed E-state index contributed by atoms with van der Waals surface area (Å²) in [5.41, 5.74) is 0.132. The Morgan fingerprint density at radius 2 is 1.80 bits per heavy atom. The quantitative estimate of drug-likeness (QED) is 0.830. The van der Waals surface area contributed by atoms with Crippen LogP contribution in [-0.2, 0) is 9.53 Å². The fraction of sp³-hybridized carbons (Fsp3) is 0.938. The molecule has 0 aromatic rings. The van der Waals surface area contributed by atoms with E-state index in [4.69, 9.17) is 4.74 Å². The molecule has 0 unspecified atom stereocenters. The molecule has 1 heterocycles. The van der Waals surface area contributed by atoms with E-state index in [0.29, 0.717) is 18.1 Å². The molecule has 0 aromatic carbocycles. The Labute approximate surface area is 123 Å². The molecular weight excluding hydrogens is 252 g/mol. The van der Waals surface area contributed by atoms with Crippen LogP contribution in [0.3, 0.4) is 0 Å². The van der Waals surface area contributed by atoms with Crippen LogP contribution >= 0.6 is 0 Å². The van der Waals surface area contributed by atoms with Crippen molar-refractivity contribution in [2.24, 2.45) is 10.8 Å². The second-order valence-electron chi connectivity index (χ2n) is 7.38. The molecule has 116 valence electrons. The lowest BCUT2D eigenvalue weighted by atomic mass is 9.74. The van der Waals surface area contributed by atoms with Gasteiger partial charge in [-0.2, -0.15) is 0 Å². The van der Waals surface area contributed by atoms with Gasteiger partial charge < -0.3 is 15.4 Å². The highest BCUT2D eigenvalue weighted by Gasteiger charge is 2.41. The number of nitrogens with one attached hydrogen (secondary N) is 2. The predicted octanol–water partition coefficient (Wildman–Crippen LogP) is 2.09. The van der Waals surface area contributed by atoms with Crippen LogP contribution in [0.1, 0.15) is 52.4 Å². The molecule has 4 heteroatoms. The van der Waals surface area contributed by atoms with Crippen molar-refractivity contribution in [1.29, 1.82) is 0 Å². The van der Waals surface area contributed by atoms with Crippen molar-refractivity contribution in [2.45, 2.75) is 58.4 Å². The molecule has 0 atom stereocenters. The van der Waals surface area contributed by atoms with Crippen LogP contribution in [0.4, 0.5) is 0 Å². The van der Waals surface area contributed by atoms with Gasteiger partial charge in [-0.25, -0.2) is 0 Å². The zero-order chi connectivity index (χ0) is 14.6. The lowest BCUT2D eigenvalue weighted by Crippen LogP contribution is -2.53. The molecule has 1 amide bonds. The number of carbonyl (C=O) groups is 1. The highest BCUT2D eigenvalue weighted by molar-refractivity contribution is 5.83. The SMILES string of the molecule is COCC1(C(=O)NC2CCC(C)(C)CC2)CCNCC1. The Hall–Kier alpha value is -0.610. The smallest absolute Gasteiger partial charge is 0.228 e. The first-order chi connectivity index (χ1) is 9.47. The third-order valence-corrected chi connectivity index (χ3v) is 5.14. The van der Waals surface area contributed by atoms with Crippen LogP contribution in [0, 0.1) is 10.8 Å². The molecule has 2 rings (SSSR count). The summed E-state index contributed by atoms with van der Waals surface area (Å²) in [6, 6.07) is 0.360. The number of ether oxygens (including phenoxy) is 1. The van der Waals surface area contributed by atoms with E-state index in [0.717, 1.165) is 38.8 Å². The molecule has 2 aliphatic rings. The first-order valence-corrected chi connectivity index (χ1v) is 7.98. The molecule has 2 N–H and O–H groups in total. The molecule has 1 saturated heterocycles. The Morgan fingerprint density at radius 1 is 1.20 bits per heavy atom. The topological polar surface area (TPSA) is 50.4 Å². The van der Waals surface area contributed by atoms with Crippen LogP contribution in [-0.4, -0.2) is 38.8 Å². The monoisotopic (exact) mass is 282 g/mol. The third kappa shape index (κ3) is 3.73. The van der Waals surface area contributed by atoms with Crippen molar-refractivity contribution in [3.63, 3.8) is 0 Å². The fourth-order valence-corrected chi connectivity index (χ4v) is 3.50. The standard InChI is InChI=1S/C16H30N2O2/c1-15(2)6-4-13(5-7-15)18-14(19)16(12-20-3)8-10-17-11-9-16/h13,17H,4-12H2,1-3H3,(H,18,19). The molecule has 1 aliphatic heterocycles. The van der Waals surface area contributed by atoms with E-state index >= 15 is 0 Å². The highest BCUT2D eigenvalue weighted by Crippen LogP contribution is 2.36. The predicted molar refractivity (Wildman–Crippen MR) is 80.6 cm³/mol. The third-order valence-electron chi connectivity index (χ3n) is 5.14. The van der Waals surface area contributed by atoms with E-state index in [1.807, 2.05) is 0 Å². The van der Waals surface area contributed by atoms with Crippen molar-refractivity contribution in [2.75, 3.05) is 26.8 Å². The van der Waals surface area contributed by atoms with Gasteiger partial charge in [0.2, 0.25) is 5.91 Å². The molecule has 0 aromatic heterocycles. The minimum Gasteiger partial charge on any atom is -0.384 e. The average Bonchev–Trinajstić information content (AvgIpc) is 2.42. The summed E-state index contributed by atoms with van der Waals surface area (Å²) < 4.78 is 5.34. The summed E-state index contributed by atoms with van der Waals surface area (Å²) in [4.78, 5) is 12.7. The summed E-state index contributed by atoms with van der Waals surface area (Å²) in [6.07, 6.45) is 6.39. The minimum absolute atomic E-state index is 0.213. The van der Waals surface area contributed by atoms with Gasteiger partial charge >= 0.3 is 0 Å². The number of rotatable bonds is 4. The number of amides is 1. The molecule has 0 radical (unpaired) electrons. The Bertz CT molecular complexity index is 320. The molecule has 2 fully saturated rings. The molecule has 1 aliphatic carbocycles. The van der Waals surface area contributed by atoms with E-state index in [1.165, 1.54) is 12.8 Å². The first-order valence-electron chi connectivity index (χ1n) is 7.98. The number of piperidine rings is 1. The molecule has 0 bridgehead atoms. The second-order valence-corrected chi connectivity index (χ2v) is 7.38. The van der Waals surface area contributed by atoms with E-state index < -0.39 is 0 Å². The van der Waals surface area contributed by atoms with Crippen molar-refractivity contribution < 1.29 is 9.53 Å². The van der Waals surface area contributed by atoms with Gasteiger partial charge in [-0.05, 0) is 57.0 Å². The van der Waals surface area contributed by atoms with Gasteiger partial charge in [0.05, 0.1) is 12.0 Å². The fourth-order valence-electron chi connectivity index (χ4n) is 3.50. The molecule has 1 saturated carbocycles. The van der Waals surface area contributed by atoms with Crippen molar-refractivity contribution >= 4 is 5.91 Å². The average molecular weight is 282 g/mol. The lowest BCUT2D eigenvalue weighted by Gasteiger charge is -2.39. The molecular formula is C16H30N2O2. The van der Waals surface area contributed by atoms with Crippen LogP contribution in [0.25, 0.3) is 0 Å². The Balaban J connectivity index is 1.92. The van der Waals surface area contributed by atoms with Gasteiger partial charge in [0, 0.05) is 13.2 Å². The van der Waals surface area contributed by atoms with Gasteiger partial charge in [0.15, 0.2) is 0 Å². The van der Waals surface area contributed by atoms with E-state index in [9.17, 15) is 4.79 Å². The van der Waals surface area contributed by atoms with Crippen LogP contribution in [0.5, 0.6) is 0 Å². The number of hydrogen-bond donors (Lipinski definition) is 2. The number of carbonyl (C=O) groups excluding carboxylic acids is 1. The maximum absolute atomic E-state index is 12.7. The van der Waals surface area contributed by atoms with Gasteiger partial charge in [0.1, 0.15) is 0 Å². The van der Waals surface area contributed by atoms with Gasteiger partial charge in [0.25, 0.3) is 0 Å². The lowest BCUT2D eigenvalue weighted by molar-refractivity contribution is -0.137. The van der Waals surface area contributed by atoms with Crippen LogP contribution < -0.4 is 10.6 Å². The first kappa shape index (κ1) is 15.8. The number of methoxy groups -OCH3 is 1. The van der Waals surface area contributed by atoms with Gasteiger partial charge in [-0.1, -0.05) is 13.8 Å². The summed E-state index contributed by atoms with van der Waals surface area (Å²) in [5, 5.41) is 6.64. The van der Waals surface area contributed by atoms with Gasteiger partial charge in [-0.3, -0.25) is 4.79 Å². The highest BCUT2D eigenvalue weighted by atomic mass is 16.5. The molecule has 0 spiro atoms. The van der Waals surface area contributed by atoms with Crippen molar-refractivity contribution in [3.05, 3.63) is 0 Å². The summed E-state index contributed by atoms with van der Waals surface area (Å²) >= 11 is 0. The number of hydrogen-bond acceptors (Lipinski definition) is 3. The maximum atomic E-state index is 12.7. The van der Waals surface area contributed by atoms with Crippen molar-refractivity contribution in [1.82, 2.24) is 10.6 Å². The maximum Gasteiger partial charge on any atom is 0.228 e. The summed E-state index contributed by atoms with van der Waals surface area (Å²) in [7, 11) is 1.69. The van der Waals surface area contributed by atoms with Gasteiger partial charge in [-0.15, -0.1) is 0 Å². The largest absolute Gasteiger partial charge is 0.384 e. The Morgan fingerprint density at radius 3 is 2.35 bits per heavy atom. The van der Waals surface area contributed by atoms with E-state index in [1.54, 1.807) is 7.11 Å². The van der Waals surface area contributed by atoms with Crippen LogP contribution in [0.15, 0.2) is 0 Å². The van der Waals surface area contributed by atoms with Crippen LogP contribution in [0.2, 0.25) is 0 Å². The Kier molecular flexibility index (Phi) is 5.08. The summed E-state index contributed by atoms with van der Waals surface area (Å²) in [5.74, 6) is 0.213. The zero-order valence-electron chi connectivity index (χ0n) is 13.3. The van der Waals surface area contributed by atoms with E-state index in [-0.39, 0.29) is 11.3 Å². The van der Waals surface area contributed by atoms with E-state index in [2.05, 4.69) is 24.5 Å². The molecule has 20 heavy (non-hydrogen) atoms. The molecule has 4 nitrogen and oxygen atoms in total. The summed E-state index contributed by atoms with van der Waals surface area (Å²) in [6.45, 7) is 7.01. The van der Waals surface area contributed by atoms with Crippen molar-refractivity contribution in [3.8, 4) is 0 Å².